The summed E-state index contributed by atoms with van der Waals surface area (Å²) in [6.45, 7) is 2.90. The minimum atomic E-state index is -3.57. The molecule has 1 fully saturated rings. The summed E-state index contributed by atoms with van der Waals surface area (Å²) in [5, 5.41) is 2.84. The molecule has 0 radical (unpaired) electrons. The van der Waals surface area contributed by atoms with Gasteiger partial charge in [-0.1, -0.05) is 12.5 Å². The number of carbonyl (C=O) groups is 1. The van der Waals surface area contributed by atoms with Crippen molar-refractivity contribution in [3.8, 4) is 11.5 Å². The van der Waals surface area contributed by atoms with Crippen molar-refractivity contribution in [1.82, 2.24) is 4.31 Å². The largest absolute Gasteiger partial charge is 0.497 e. The number of hydrogen-bond acceptors (Lipinski definition) is 5. The van der Waals surface area contributed by atoms with Crippen molar-refractivity contribution in [2.75, 3.05) is 32.6 Å². The first kappa shape index (κ1) is 22.1. The number of rotatable bonds is 7. The van der Waals surface area contributed by atoms with Gasteiger partial charge in [0.25, 0.3) is 0 Å². The molecule has 2 aromatic carbocycles. The summed E-state index contributed by atoms with van der Waals surface area (Å²) in [6.07, 6.45) is 2.87. The second-order valence-electron chi connectivity index (χ2n) is 7.34. The molecule has 1 saturated heterocycles. The average Bonchev–Trinajstić information content (AvgIpc) is 2.75. The van der Waals surface area contributed by atoms with Gasteiger partial charge in [0, 0.05) is 24.3 Å². The van der Waals surface area contributed by atoms with Crippen LogP contribution in [-0.4, -0.2) is 45.9 Å². The molecule has 1 N–H and O–H groups in total. The molecule has 7 nitrogen and oxygen atoms in total. The monoisotopic (exact) mass is 432 g/mol. The van der Waals surface area contributed by atoms with Crippen molar-refractivity contribution >= 4 is 21.6 Å². The van der Waals surface area contributed by atoms with Crippen LogP contribution in [0.2, 0.25) is 0 Å². The summed E-state index contributed by atoms with van der Waals surface area (Å²) in [5.74, 6) is 0.950. The first-order valence-corrected chi connectivity index (χ1v) is 11.4. The Morgan fingerprint density at radius 3 is 2.43 bits per heavy atom. The smallest absolute Gasteiger partial charge is 0.243 e. The highest BCUT2D eigenvalue weighted by Crippen LogP contribution is 2.27. The van der Waals surface area contributed by atoms with Crippen LogP contribution in [-0.2, 0) is 21.2 Å². The number of hydrogen-bond donors (Lipinski definition) is 1. The number of anilines is 1. The maximum Gasteiger partial charge on any atom is 0.243 e. The molecule has 0 aromatic heterocycles. The Labute approximate surface area is 178 Å². The second kappa shape index (κ2) is 9.49. The molecule has 0 bridgehead atoms. The third kappa shape index (κ3) is 4.94. The highest BCUT2D eigenvalue weighted by atomic mass is 32.2. The number of ether oxygens (including phenoxy) is 2. The van der Waals surface area contributed by atoms with Crippen molar-refractivity contribution in [3.63, 3.8) is 0 Å². The third-order valence-corrected chi connectivity index (χ3v) is 7.17. The average molecular weight is 433 g/mol. The van der Waals surface area contributed by atoms with Gasteiger partial charge < -0.3 is 14.8 Å². The number of nitrogens with one attached hydrogen (secondary N) is 1. The van der Waals surface area contributed by atoms with Gasteiger partial charge in [-0.15, -0.1) is 0 Å². The van der Waals surface area contributed by atoms with E-state index >= 15 is 0 Å². The predicted octanol–water partition coefficient (Wildman–Crippen LogP) is 3.37. The van der Waals surface area contributed by atoms with Gasteiger partial charge in [0.2, 0.25) is 15.9 Å². The number of aryl methyl sites for hydroxylation is 1. The van der Waals surface area contributed by atoms with Crippen LogP contribution < -0.4 is 14.8 Å². The zero-order valence-corrected chi connectivity index (χ0v) is 18.4. The van der Waals surface area contributed by atoms with Gasteiger partial charge >= 0.3 is 0 Å². The first-order valence-electron chi connectivity index (χ1n) is 9.96. The molecule has 0 spiro atoms. The normalized spacial score (nSPS) is 14.9. The zero-order chi connectivity index (χ0) is 21.7. The fourth-order valence-corrected chi connectivity index (χ4v) is 5.08. The number of sulfonamides is 1. The van der Waals surface area contributed by atoms with E-state index in [1.807, 2.05) is 6.92 Å². The fourth-order valence-electron chi connectivity index (χ4n) is 3.54. The molecule has 30 heavy (non-hydrogen) atoms. The van der Waals surface area contributed by atoms with Crippen LogP contribution in [0.5, 0.6) is 11.5 Å². The van der Waals surface area contributed by atoms with Gasteiger partial charge in [0.15, 0.2) is 0 Å². The SMILES string of the molecule is COc1ccc(OC)c(CC(=O)Nc2cc(S(=O)(=O)N3CCCCC3)ccc2C)c1. The summed E-state index contributed by atoms with van der Waals surface area (Å²) in [5.41, 5.74) is 1.96. The molecule has 1 aliphatic heterocycles. The van der Waals surface area contributed by atoms with E-state index in [0.717, 1.165) is 24.8 Å². The number of benzene rings is 2. The summed E-state index contributed by atoms with van der Waals surface area (Å²) in [6, 6.07) is 10.1. The Morgan fingerprint density at radius 1 is 1.03 bits per heavy atom. The van der Waals surface area contributed by atoms with E-state index in [-0.39, 0.29) is 17.2 Å². The molecule has 1 amide bonds. The Kier molecular flexibility index (Phi) is 6.99. The molecular weight excluding hydrogens is 404 g/mol. The van der Waals surface area contributed by atoms with Crippen LogP contribution in [0, 0.1) is 6.92 Å². The van der Waals surface area contributed by atoms with E-state index in [4.69, 9.17) is 9.47 Å². The Balaban J connectivity index is 1.80. The lowest BCUT2D eigenvalue weighted by Crippen LogP contribution is -2.35. The number of carbonyl (C=O) groups excluding carboxylic acids is 1. The number of nitrogens with zero attached hydrogens (tertiary/aromatic N) is 1. The lowest BCUT2D eigenvalue weighted by atomic mass is 10.1. The molecule has 1 heterocycles. The molecule has 2 aromatic rings. The van der Waals surface area contributed by atoms with E-state index in [1.165, 1.54) is 4.31 Å². The third-order valence-electron chi connectivity index (χ3n) is 5.27. The summed E-state index contributed by atoms with van der Waals surface area (Å²) in [4.78, 5) is 12.9. The van der Waals surface area contributed by atoms with E-state index < -0.39 is 10.0 Å². The number of methoxy groups -OCH3 is 2. The Bertz CT molecular complexity index is 1010. The number of piperidine rings is 1. The molecule has 3 rings (SSSR count). The molecule has 1 aliphatic rings. The van der Waals surface area contributed by atoms with Crippen molar-refractivity contribution < 1.29 is 22.7 Å². The second-order valence-corrected chi connectivity index (χ2v) is 9.28. The van der Waals surface area contributed by atoms with E-state index in [9.17, 15) is 13.2 Å². The van der Waals surface area contributed by atoms with Gasteiger partial charge in [-0.05, 0) is 55.7 Å². The van der Waals surface area contributed by atoms with E-state index in [2.05, 4.69) is 5.32 Å². The lowest BCUT2D eigenvalue weighted by Gasteiger charge is -2.26. The van der Waals surface area contributed by atoms with Crippen LogP contribution in [0.15, 0.2) is 41.3 Å². The highest BCUT2D eigenvalue weighted by Gasteiger charge is 2.26. The zero-order valence-electron chi connectivity index (χ0n) is 17.6. The van der Waals surface area contributed by atoms with Crippen LogP contribution in [0.25, 0.3) is 0 Å². The van der Waals surface area contributed by atoms with E-state index in [1.54, 1.807) is 50.6 Å². The van der Waals surface area contributed by atoms with E-state index in [0.29, 0.717) is 35.8 Å². The van der Waals surface area contributed by atoms with Crippen molar-refractivity contribution in [2.24, 2.45) is 0 Å². The summed E-state index contributed by atoms with van der Waals surface area (Å²) < 4.78 is 38.0. The van der Waals surface area contributed by atoms with Crippen molar-refractivity contribution in [2.45, 2.75) is 37.5 Å². The fraction of sp³-hybridized carbons (Fsp3) is 0.409. The summed E-state index contributed by atoms with van der Waals surface area (Å²) >= 11 is 0. The topological polar surface area (TPSA) is 84.9 Å². The van der Waals surface area contributed by atoms with Crippen LogP contribution in [0.4, 0.5) is 5.69 Å². The molecule has 0 aliphatic carbocycles. The lowest BCUT2D eigenvalue weighted by molar-refractivity contribution is -0.115. The quantitative estimate of drug-likeness (QED) is 0.725. The molecule has 0 saturated carbocycles. The number of amides is 1. The van der Waals surface area contributed by atoms with Crippen molar-refractivity contribution in [3.05, 3.63) is 47.5 Å². The first-order chi connectivity index (χ1) is 14.3. The summed E-state index contributed by atoms with van der Waals surface area (Å²) in [7, 11) is -0.467. The maximum absolute atomic E-state index is 13.0. The van der Waals surface area contributed by atoms with Gasteiger partial charge in [0.05, 0.1) is 25.5 Å². The van der Waals surface area contributed by atoms with Crippen LogP contribution in [0.3, 0.4) is 0 Å². The van der Waals surface area contributed by atoms with Gasteiger partial charge in [-0.25, -0.2) is 8.42 Å². The van der Waals surface area contributed by atoms with Crippen LogP contribution >= 0.6 is 0 Å². The van der Waals surface area contributed by atoms with Crippen LogP contribution in [0.1, 0.15) is 30.4 Å². The predicted molar refractivity (Wildman–Crippen MR) is 116 cm³/mol. The molecular formula is C22H28N2O5S. The maximum atomic E-state index is 13.0. The molecule has 8 heteroatoms. The molecule has 162 valence electrons. The highest BCUT2D eigenvalue weighted by molar-refractivity contribution is 7.89. The molecule has 0 atom stereocenters. The minimum Gasteiger partial charge on any atom is -0.497 e. The minimum absolute atomic E-state index is 0.0723. The van der Waals surface area contributed by atoms with Gasteiger partial charge in [0.1, 0.15) is 11.5 Å². The van der Waals surface area contributed by atoms with Crippen molar-refractivity contribution in [1.29, 1.82) is 0 Å². The standard InChI is InChI=1S/C22H28N2O5S/c1-16-7-9-19(30(26,27)24-11-5-4-6-12-24)15-20(16)23-22(25)14-17-13-18(28-2)8-10-21(17)29-3/h7-10,13,15H,4-6,11-12,14H2,1-3H3,(H,23,25). The Hall–Kier alpha value is -2.58. The van der Waals surface area contributed by atoms with Gasteiger partial charge in [-0.2, -0.15) is 4.31 Å². The van der Waals surface area contributed by atoms with Gasteiger partial charge in [-0.3, -0.25) is 4.79 Å². The molecule has 0 unspecified atom stereocenters. The Morgan fingerprint density at radius 2 is 1.77 bits per heavy atom.